The lowest BCUT2D eigenvalue weighted by atomic mass is 9.84. The average molecular weight is 467 g/mol. The quantitative estimate of drug-likeness (QED) is 0.304. The van der Waals surface area contributed by atoms with Crippen molar-refractivity contribution in [3.05, 3.63) is 89.0 Å². The van der Waals surface area contributed by atoms with Crippen molar-refractivity contribution in [1.82, 2.24) is 0 Å². The van der Waals surface area contributed by atoms with Crippen LogP contribution < -0.4 is 0 Å². The first-order valence-corrected chi connectivity index (χ1v) is 12.2. The molecule has 4 rings (SSSR count). The van der Waals surface area contributed by atoms with Gasteiger partial charge in [-0.05, 0) is 53.9 Å². The fraction of sp³-hybridized carbons (Fsp3) is 0.333. The van der Waals surface area contributed by atoms with Crippen LogP contribution in [0, 0.1) is 29.2 Å². The monoisotopic (exact) mass is 466 g/mol. The molecule has 3 aromatic rings. The molecule has 1 aliphatic rings. The molecular formula is C30H30F4. The van der Waals surface area contributed by atoms with Gasteiger partial charge in [-0.3, -0.25) is 0 Å². The highest BCUT2D eigenvalue weighted by Crippen LogP contribution is 2.36. The Morgan fingerprint density at radius 2 is 1.24 bits per heavy atom. The number of rotatable bonds is 7. The fourth-order valence-electron chi connectivity index (χ4n) is 4.93. The minimum Gasteiger partial charge on any atom is -0.203 e. The number of benzene rings is 3. The number of aryl methyl sites for hydroxylation is 1. The van der Waals surface area contributed by atoms with Crippen molar-refractivity contribution in [2.45, 2.75) is 58.8 Å². The van der Waals surface area contributed by atoms with Crippen molar-refractivity contribution in [3.8, 4) is 22.3 Å². The largest absolute Gasteiger partial charge is 0.203 e. The molecule has 0 spiro atoms. The Hall–Kier alpha value is -2.88. The molecule has 0 saturated carbocycles. The molecule has 1 unspecified atom stereocenters. The lowest BCUT2D eigenvalue weighted by Crippen LogP contribution is -2.06. The van der Waals surface area contributed by atoms with E-state index in [1.54, 1.807) is 48.5 Å². The van der Waals surface area contributed by atoms with E-state index in [2.05, 4.69) is 13.0 Å². The predicted molar refractivity (Wildman–Crippen MR) is 131 cm³/mol. The van der Waals surface area contributed by atoms with Crippen LogP contribution in [-0.4, -0.2) is 0 Å². The third kappa shape index (κ3) is 4.82. The number of hydrogen-bond donors (Lipinski definition) is 0. The SMILES string of the molecule is CCCc1ccc(-c2ccc(-c3ccc(C4=CCC(CCC)CC4)c(F)c3F)cc2)c(F)c1F. The van der Waals surface area contributed by atoms with E-state index in [-0.39, 0.29) is 11.1 Å². The van der Waals surface area contributed by atoms with Gasteiger partial charge in [0.15, 0.2) is 23.3 Å². The van der Waals surface area contributed by atoms with E-state index in [1.165, 1.54) is 0 Å². The van der Waals surface area contributed by atoms with E-state index >= 15 is 8.78 Å². The molecule has 0 bridgehead atoms. The summed E-state index contributed by atoms with van der Waals surface area (Å²) < 4.78 is 59.0. The second-order valence-corrected chi connectivity index (χ2v) is 9.17. The van der Waals surface area contributed by atoms with Gasteiger partial charge in [-0.1, -0.05) is 87.7 Å². The minimum absolute atomic E-state index is 0.150. The van der Waals surface area contributed by atoms with Gasteiger partial charge in [0.25, 0.3) is 0 Å². The summed E-state index contributed by atoms with van der Waals surface area (Å²) >= 11 is 0. The molecule has 34 heavy (non-hydrogen) atoms. The number of allylic oxidation sites excluding steroid dienone is 2. The normalized spacial score (nSPS) is 15.9. The van der Waals surface area contributed by atoms with Crippen molar-refractivity contribution < 1.29 is 17.6 Å². The molecule has 4 heteroatoms. The van der Waals surface area contributed by atoms with Gasteiger partial charge < -0.3 is 0 Å². The first-order valence-electron chi connectivity index (χ1n) is 12.2. The van der Waals surface area contributed by atoms with Crippen LogP contribution >= 0.6 is 0 Å². The topological polar surface area (TPSA) is 0 Å². The number of halogens is 4. The summed E-state index contributed by atoms with van der Waals surface area (Å²) in [5, 5.41) is 0. The lowest BCUT2D eigenvalue weighted by molar-refractivity contribution is 0.443. The third-order valence-corrected chi connectivity index (χ3v) is 6.83. The van der Waals surface area contributed by atoms with Gasteiger partial charge in [0.05, 0.1) is 0 Å². The van der Waals surface area contributed by atoms with Crippen molar-refractivity contribution in [1.29, 1.82) is 0 Å². The van der Waals surface area contributed by atoms with Crippen molar-refractivity contribution in [2.24, 2.45) is 5.92 Å². The molecule has 0 amide bonds. The van der Waals surface area contributed by atoms with Crippen molar-refractivity contribution in [3.63, 3.8) is 0 Å². The maximum Gasteiger partial charge on any atom is 0.167 e. The van der Waals surface area contributed by atoms with Gasteiger partial charge in [0, 0.05) is 16.7 Å². The maximum atomic E-state index is 15.0. The molecule has 0 saturated heterocycles. The van der Waals surface area contributed by atoms with Crippen LogP contribution in [0.25, 0.3) is 27.8 Å². The summed E-state index contributed by atoms with van der Waals surface area (Å²) in [6, 6.07) is 12.8. The van der Waals surface area contributed by atoms with Crippen LogP contribution in [-0.2, 0) is 6.42 Å². The summed E-state index contributed by atoms with van der Waals surface area (Å²) in [7, 11) is 0. The Kier molecular flexibility index (Phi) is 7.55. The molecule has 0 aromatic heterocycles. The van der Waals surface area contributed by atoms with E-state index in [0.717, 1.165) is 44.1 Å². The minimum atomic E-state index is -0.887. The van der Waals surface area contributed by atoms with Gasteiger partial charge in [-0.25, -0.2) is 17.6 Å². The summed E-state index contributed by atoms with van der Waals surface area (Å²) in [5.74, 6) is -2.81. The highest BCUT2D eigenvalue weighted by molar-refractivity contribution is 5.74. The molecule has 0 N–H and O–H groups in total. The van der Waals surface area contributed by atoms with Crippen molar-refractivity contribution >= 4 is 5.57 Å². The Bertz CT molecular complexity index is 1190. The number of hydrogen-bond acceptors (Lipinski definition) is 0. The second-order valence-electron chi connectivity index (χ2n) is 9.17. The molecular weight excluding hydrogens is 436 g/mol. The Labute approximate surface area is 199 Å². The second kappa shape index (κ2) is 10.6. The summed E-state index contributed by atoms with van der Waals surface area (Å²) in [6.45, 7) is 4.07. The zero-order valence-electron chi connectivity index (χ0n) is 19.7. The molecule has 0 fully saturated rings. The van der Waals surface area contributed by atoms with Crippen molar-refractivity contribution in [2.75, 3.05) is 0 Å². The van der Waals surface area contributed by atoms with E-state index < -0.39 is 23.3 Å². The highest BCUT2D eigenvalue weighted by atomic mass is 19.2. The fourth-order valence-corrected chi connectivity index (χ4v) is 4.93. The van der Waals surface area contributed by atoms with Gasteiger partial charge >= 0.3 is 0 Å². The zero-order valence-corrected chi connectivity index (χ0v) is 19.7. The van der Waals surface area contributed by atoms with Crippen LogP contribution in [0.2, 0.25) is 0 Å². The third-order valence-electron chi connectivity index (χ3n) is 6.83. The molecule has 3 aromatic carbocycles. The molecule has 0 nitrogen and oxygen atoms in total. The van der Waals surface area contributed by atoms with Crippen LogP contribution in [0.3, 0.4) is 0 Å². The Morgan fingerprint density at radius 3 is 1.79 bits per heavy atom. The van der Waals surface area contributed by atoms with E-state index in [4.69, 9.17) is 0 Å². The van der Waals surface area contributed by atoms with E-state index in [0.29, 0.717) is 34.6 Å². The Balaban J connectivity index is 1.59. The first-order chi connectivity index (χ1) is 16.4. The summed E-state index contributed by atoms with van der Waals surface area (Å²) in [4.78, 5) is 0. The summed E-state index contributed by atoms with van der Waals surface area (Å²) in [6.07, 6.45) is 8.21. The molecule has 178 valence electrons. The molecule has 1 aliphatic carbocycles. The van der Waals surface area contributed by atoms with Crippen LogP contribution in [0.4, 0.5) is 17.6 Å². The summed E-state index contributed by atoms with van der Waals surface area (Å²) in [5.41, 5.74) is 2.82. The van der Waals surface area contributed by atoms with Gasteiger partial charge in [-0.2, -0.15) is 0 Å². The lowest BCUT2D eigenvalue weighted by Gasteiger charge is -2.22. The van der Waals surface area contributed by atoms with Crippen LogP contribution in [0.5, 0.6) is 0 Å². The Morgan fingerprint density at radius 1 is 0.676 bits per heavy atom. The van der Waals surface area contributed by atoms with E-state index in [1.807, 2.05) is 6.92 Å². The average Bonchev–Trinajstić information content (AvgIpc) is 2.85. The predicted octanol–water partition coefficient (Wildman–Crippen LogP) is 9.51. The molecule has 0 aliphatic heterocycles. The standard InChI is InChI=1S/C30H30F4/c1-3-5-19-7-9-20(10-8-19)25-17-18-26(30(34)29(25)33)22-13-11-21(12-14-22)24-16-15-23(6-4-2)27(31)28(24)32/h9,11-19H,3-8,10H2,1-2H3. The maximum absolute atomic E-state index is 15.0. The highest BCUT2D eigenvalue weighted by Gasteiger charge is 2.21. The van der Waals surface area contributed by atoms with Crippen LogP contribution in [0.15, 0.2) is 54.6 Å². The zero-order chi connectivity index (χ0) is 24.2. The first kappa shape index (κ1) is 24.3. The smallest absolute Gasteiger partial charge is 0.167 e. The molecule has 0 heterocycles. The van der Waals surface area contributed by atoms with E-state index in [9.17, 15) is 8.78 Å². The van der Waals surface area contributed by atoms with Gasteiger partial charge in [0.2, 0.25) is 0 Å². The molecule has 1 atom stereocenters. The van der Waals surface area contributed by atoms with Crippen LogP contribution in [0.1, 0.15) is 63.5 Å². The van der Waals surface area contributed by atoms with Gasteiger partial charge in [-0.15, -0.1) is 0 Å². The molecule has 0 radical (unpaired) electrons. The van der Waals surface area contributed by atoms with Gasteiger partial charge in [0.1, 0.15) is 0 Å².